The first-order chi connectivity index (χ1) is 15.5. The molecule has 0 radical (unpaired) electrons. The summed E-state index contributed by atoms with van der Waals surface area (Å²) in [6, 6.07) is 15.1. The first-order valence-electron chi connectivity index (χ1n) is 11.0. The number of benzene rings is 2. The normalized spacial score (nSPS) is 20.7. The Morgan fingerprint density at radius 1 is 0.969 bits per heavy atom. The van der Waals surface area contributed by atoms with E-state index in [9.17, 15) is 13.2 Å². The van der Waals surface area contributed by atoms with E-state index in [1.54, 1.807) is 17.0 Å². The van der Waals surface area contributed by atoms with Crippen molar-refractivity contribution in [2.45, 2.75) is 36.7 Å². The van der Waals surface area contributed by atoms with E-state index in [4.69, 9.17) is 4.74 Å². The molecular weight excluding hydrogens is 426 g/mol. The molecule has 3 aromatic rings. The number of carbonyl (C=O) groups is 1. The molecule has 1 fully saturated rings. The lowest BCUT2D eigenvalue weighted by Gasteiger charge is -2.26. The number of amides is 1. The molecule has 0 aliphatic carbocycles. The number of hydrogen-bond donors (Lipinski definition) is 0. The van der Waals surface area contributed by atoms with Gasteiger partial charge in [-0.1, -0.05) is 18.2 Å². The predicted molar refractivity (Wildman–Crippen MR) is 120 cm³/mol. The molecule has 0 spiro atoms. The number of ether oxygens (including phenoxy) is 1. The van der Waals surface area contributed by atoms with Crippen molar-refractivity contribution in [1.29, 1.82) is 0 Å². The zero-order chi connectivity index (χ0) is 21.9. The van der Waals surface area contributed by atoms with Gasteiger partial charge in [-0.05, 0) is 54.7 Å². The average Bonchev–Trinajstić information content (AvgIpc) is 3.45. The van der Waals surface area contributed by atoms with Crippen LogP contribution in [0, 0.1) is 0 Å². The lowest BCUT2D eigenvalue weighted by Crippen LogP contribution is -2.33. The molecule has 1 atom stereocenters. The lowest BCUT2D eigenvalue weighted by atomic mass is 10.00. The van der Waals surface area contributed by atoms with Gasteiger partial charge in [-0.15, -0.1) is 0 Å². The average molecular weight is 450 g/mol. The number of sulfonamides is 1. The highest BCUT2D eigenvalue weighted by Gasteiger charge is 2.37. The second-order valence-corrected chi connectivity index (χ2v) is 10.6. The number of hydrogen-bond acceptors (Lipinski definition) is 5. The van der Waals surface area contributed by atoms with Crippen LogP contribution in [0.15, 0.2) is 53.4 Å². The van der Waals surface area contributed by atoms with Gasteiger partial charge in [0.05, 0.1) is 22.6 Å². The highest BCUT2D eigenvalue weighted by atomic mass is 32.2. The molecular formula is C24H23N3O4S. The van der Waals surface area contributed by atoms with Crippen LogP contribution in [0.1, 0.15) is 24.0 Å². The van der Waals surface area contributed by atoms with Crippen LogP contribution in [-0.2, 0) is 27.7 Å². The number of rotatable bonds is 4. The molecule has 1 saturated heterocycles. The van der Waals surface area contributed by atoms with E-state index in [2.05, 4.69) is 4.98 Å². The van der Waals surface area contributed by atoms with Crippen LogP contribution < -0.4 is 9.64 Å². The fourth-order valence-corrected chi connectivity index (χ4v) is 6.61. The molecule has 6 rings (SSSR count). The van der Waals surface area contributed by atoms with Gasteiger partial charge >= 0.3 is 0 Å². The first-order valence-corrected chi connectivity index (χ1v) is 12.4. The summed E-state index contributed by atoms with van der Waals surface area (Å²) in [4.78, 5) is 18.8. The fourth-order valence-electron chi connectivity index (χ4n) is 5.02. The molecule has 7 nitrogen and oxygen atoms in total. The van der Waals surface area contributed by atoms with E-state index in [-0.39, 0.29) is 12.0 Å². The SMILES string of the molecule is O=C1CCc2cc(S(=O)(=O)N3CCC(Oc4ccc5ccccc5n4)C3)cc3c2N1CC3. The van der Waals surface area contributed by atoms with Crippen molar-refractivity contribution in [3.63, 3.8) is 0 Å². The van der Waals surface area contributed by atoms with Crippen molar-refractivity contribution >= 4 is 32.5 Å². The van der Waals surface area contributed by atoms with Crippen molar-refractivity contribution in [2.24, 2.45) is 0 Å². The van der Waals surface area contributed by atoms with Gasteiger partial charge in [0.1, 0.15) is 6.10 Å². The molecule has 3 aliphatic heterocycles. The molecule has 0 N–H and O–H groups in total. The third-order valence-corrected chi connectivity index (χ3v) is 8.47. The van der Waals surface area contributed by atoms with E-state index >= 15 is 0 Å². The Morgan fingerprint density at radius 2 is 1.78 bits per heavy atom. The summed E-state index contributed by atoms with van der Waals surface area (Å²) >= 11 is 0. The molecule has 0 saturated carbocycles. The zero-order valence-electron chi connectivity index (χ0n) is 17.5. The second kappa shape index (κ2) is 7.28. The van der Waals surface area contributed by atoms with Crippen molar-refractivity contribution in [2.75, 3.05) is 24.5 Å². The van der Waals surface area contributed by atoms with Crippen LogP contribution >= 0.6 is 0 Å². The van der Waals surface area contributed by atoms with Gasteiger partial charge in [-0.2, -0.15) is 4.31 Å². The molecule has 1 amide bonds. The summed E-state index contributed by atoms with van der Waals surface area (Å²) < 4.78 is 34.4. The molecule has 8 heteroatoms. The molecule has 1 aromatic heterocycles. The number of carbonyl (C=O) groups excluding carboxylic acids is 1. The maximum absolute atomic E-state index is 13.4. The molecule has 32 heavy (non-hydrogen) atoms. The number of aromatic nitrogens is 1. The lowest BCUT2D eigenvalue weighted by molar-refractivity contribution is -0.118. The standard InChI is InChI=1S/C24H23N3O4S/c28-23-8-6-17-13-20(14-18-9-12-27(23)24(17)18)32(29,30)26-11-10-19(15-26)31-22-7-5-16-3-1-2-4-21(16)25-22/h1-5,7,13-14,19H,6,8-12,15H2. The van der Waals surface area contributed by atoms with Gasteiger partial charge in [0, 0.05) is 31.0 Å². The van der Waals surface area contributed by atoms with Crippen molar-refractivity contribution < 1.29 is 17.9 Å². The Hall–Kier alpha value is -2.97. The second-order valence-electron chi connectivity index (χ2n) is 8.62. The van der Waals surface area contributed by atoms with Crippen LogP contribution in [0.2, 0.25) is 0 Å². The molecule has 2 aromatic carbocycles. The molecule has 4 heterocycles. The Labute approximate surface area is 186 Å². The minimum Gasteiger partial charge on any atom is -0.473 e. The first kappa shape index (κ1) is 19.7. The monoisotopic (exact) mass is 449 g/mol. The van der Waals surface area contributed by atoms with E-state index in [1.165, 1.54) is 4.31 Å². The van der Waals surface area contributed by atoms with Crippen LogP contribution in [0.5, 0.6) is 5.88 Å². The Bertz CT molecular complexity index is 1350. The predicted octanol–water partition coefficient (Wildman–Crippen LogP) is 2.91. The Balaban J connectivity index is 1.22. The maximum Gasteiger partial charge on any atom is 0.243 e. The largest absolute Gasteiger partial charge is 0.473 e. The molecule has 0 bridgehead atoms. The Morgan fingerprint density at radius 3 is 2.66 bits per heavy atom. The quantitative estimate of drug-likeness (QED) is 0.612. The number of nitrogens with zero attached hydrogens (tertiary/aromatic N) is 3. The Kier molecular flexibility index (Phi) is 4.48. The number of anilines is 1. The van der Waals surface area contributed by atoms with E-state index < -0.39 is 10.0 Å². The van der Waals surface area contributed by atoms with Gasteiger partial charge in [0.25, 0.3) is 0 Å². The van der Waals surface area contributed by atoms with E-state index in [0.29, 0.717) is 56.1 Å². The van der Waals surface area contributed by atoms with Crippen LogP contribution in [0.25, 0.3) is 10.9 Å². The zero-order valence-corrected chi connectivity index (χ0v) is 18.3. The van der Waals surface area contributed by atoms with Crippen LogP contribution in [0.3, 0.4) is 0 Å². The third-order valence-electron chi connectivity index (χ3n) is 6.63. The smallest absolute Gasteiger partial charge is 0.243 e. The minimum atomic E-state index is -3.63. The summed E-state index contributed by atoms with van der Waals surface area (Å²) in [5.74, 6) is 0.647. The number of para-hydroxylation sites is 1. The fraction of sp³-hybridized carbons (Fsp3) is 0.333. The highest BCUT2D eigenvalue weighted by Crippen LogP contribution is 2.39. The van der Waals surface area contributed by atoms with Gasteiger partial charge < -0.3 is 9.64 Å². The van der Waals surface area contributed by atoms with E-state index in [0.717, 1.165) is 27.7 Å². The number of aryl methyl sites for hydroxylation is 1. The topological polar surface area (TPSA) is 79.8 Å². The van der Waals surface area contributed by atoms with Crippen molar-refractivity contribution in [3.05, 3.63) is 59.7 Å². The third kappa shape index (κ3) is 3.17. The van der Waals surface area contributed by atoms with Gasteiger partial charge in [0.15, 0.2) is 0 Å². The summed E-state index contributed by atoms with van der Waals surface area (Å²) in [6.45, 7) is 1.36. The van der Waals surface area contributed by atoms with Crippen LogP contribution in [-0.4, -0.2) is 49.4 Å². The summed E-state index contributed by atoms with van der Waals surface area (Å²) in [5, 5.41) is 1.04. The number of fused-ring (bicyclic) bond motifs is 1. The molecule has 3 aliphatic rings. The number of pyridine rings is 1. The summed E-state index contributed by atoms with van der Waals surface area (Å²) in [7, 11) is -3.63. The van der Waals surface area contributed by atoms with Crippen LogP contribution in [0.4, 0.5) is 5.69 Å². The van der Waals surface area contributed by atoms with Gasteiger partial charge in [-0.25, -0.2) is 13.4 Å². The maximum atomic E-state index is 13.4. The minimum absolute atomic E-state index is 0.133. The van der Waals surface area contributed by atoms with Gasteiger partial charge in [-0.3, -0.25) is 4.79 Å². The van der Waals surface area contributed by atoms with E-state index in [1.807, 2.05) is 36.4 Å². The van der Waals surface area contributed by atoms with Crippen molar-refractivity contribution in [3.8, 4) is 5.88 Å². The van der Waals surface area contributed by atoms with Crippen molar-refractivity contribution in [1.82, 2.24) is 9.29 Å². The van der Waals surface area contributed by atoms with Gasteiger partial charge in [0.2, 0.25) is 21.8 Å². The molecule has 164 valence electrons. The highest BCUT2D eigenvalue weighted by molar-refractivity contribution is 7.89. The summed E-state index contributed by atoms with van der Waals surface area (Å²) in [6.07, 6.45) is 2.12. The summed E-state index contributed by atoms with van der Waals surface area (Å²) in [5.41, 5.74) is 3.71. The molecule has 1 unspecified atom stereocenters.